The second kappa shape index (κ2) is 5.34. The molecular weight excluding hydrogens is 211 g/mol. The van der Waals surface area contributed by atoms with Gasteiger partial charge in [0.2, 0.25) is 5.91 Å². The van der Waals surface area contributed by atoms with Gasteiger partial charge in [0, 0.05) is 11.6 Å². The van der Waals surface area contributed by atoms with Gasteiger partial charge in [-0.1, -0.05) is 38.6 Å². The first-order valence-electron chi connectivity index (χ1n) is 6.17. The van der Waals surface area contributed by atoms with Crippen LogP contribution in [0.25, 0.3) is 0 Å². The summed E-state index contributed by atoms with van der Waals surface area (Å²) in [5, 5.41) is 2.88. The summed E-state index contributed by atoms with van der Waals surface area (Å²) in [4.78, 5) is 16.2. The van der Waals surface area contributed by atoms with Gasteiger partial charge in [-0.25, -0.2) is 4.98 Å². The van der Waals surface area contributed by atoms with Crippen molar-refractivity contribution in [1.29, 1.82) is 0 Å². The van der Waals surface area contributed by atoms with Crippen LogP contribution in [0.1, 0.15) is 32.8 Å². The Kier molecular flexibility index (Phi) is 4.32. The molecule has 0 saturated carbocycles. The summed E-state index contributed by atoms with van der Waals surface area (Å²) in [5.41, 5.74) is 2.05. The number of carbonyl (C=O) groups is 1. The molecule has 0 aliphatic carbocycles. The molecule has 0 saturated heterocycles. The number of nitrogens with one attached hydrogen (secondary N) is 1. The minimum atomic E-state index is -0.348. The summed E-state index contributed by atoms with van der Waals surface area (Å²) in [5.74, 6) is 0.669. The Labute approximate surface area is 104 Å². The first-order valence-corrected chi connectivity index (χ1v) is 6.17. The Hall–Kier alpha value is -1.32. The van der Waals surface area contributed by atoms with Crippen LogP contribution in [-0.4, -0.2) is 18.2 Å². The zero-order valence-electron chi connectivity index (χ0n) is 11.4. The van der Waals surface area contributed by atoms with Crippen LogP contribution in [-0.2, 0) is 4.79 Å². The first kappa shape index (κ1) is 13.7. The molecule has 0 unspecified atom stereocenters. The number of rotatable bonds is 4. The molecular formula is C13H21BN2O. The summed E-state index contributed by atoms with van der Waals surface area (Å²) in [7, 11) is 0.966. The molecule has 92 valence electrons. The lowest BCUT2D eigenvalue weighted by atomic mass is 9.72. The third kappa shape index (κ3) is 3.32. The third-order valence-electron chi connectivity index (χ3n) is 3.34. The van der Waals surface area contributed by atoms with Crippen molar-refractivity contribution in [2.24, 2.45) is 5.41 Å². The molecule has 1 heterocycles. The number of hydrogen-bond donors (Lipinski definition) is 1. The summed E-state index contributed by atoms with van der Waals surface area (Å²) in [6.07, 6.45) is 2.65. The molecule has 0 aliphatic rings. The van der Waals surface area contributed by atoms with Crippen molar-refractivity contribution in [3.05, 3.63) is 17.8 Å². The van der Waals surface area contributed by atoms with Crippen molar-refractivity contribution < 1.29 is 4.79 Å². The van der Waals surface area contributed by atoms with E-state index in [1.54, 1.807) is 0 Å². The highest BCUT2D eigenvalue weighted by molar-refractivity contribution is 6.52. The van der Waals surface area contributed by atoms with Crippen LogP contribution in [0.5, 0.6) is 0 Å². The Morgan fingerprint density at radius 1 is 1.53 bits per heavy atom. The van der Waals surface area contributed by atoms with E-state index in [0.29, 0.717) is 5.82 Å². The SMILES string of the molecule is CBc1cnc(NC(=O)C(C)(C)CC)cc1C. The maximum Gasteiger partial charge on any atom is 0.231 e. The third-order valence-corrected chi connectivity index (χ3v) is 3.34. The number of aryl methyl sites for hydroxylation is 1. The van der Waals surface area contributed by atoms with Crippen molar-refractivity contribution in [1.82, 2.24) is 4.98 Å². The predicted molar refractivity (Wildman–Crippen MR) is 74.3 cm³/mol. The molecule has 1 N–H and O–H groups in total. The number of nitrogens with zero attached hydrogens (tertiary/aromatic N) is 1. The molecule has 1 aromatic heterocycles. The maximum atomic E-state index is 12.0. The van der Waals surface area contributed by atoms with E-state index in [1.165, 1.54) is 11.0 Å². The molecule has 0 aliphatic heterocycles. The Morgan fingerprint density at radius 2 is 2.18 bits per heavy atom. The lowest BCUT2D eigenvalue weighted by Gasteiger charge is -2.21. The maximum absolute atomic E-state index is 12.0. The van der Waals surface area contributed by atoms with Gasteiger partial charge < -0.3 is 5.32 Å². The van der Waals surface area contributed by atoms with Crippen LogP contribution in [0.15, 0.2) is 12.3 Å². The van der Waals surface area contributed by atoms with Gasteiger partial charge in [0.25, 0.3) is 0 Å². The van der Waals surface area contributed by atoms with Gasteiger partial charge in [0.1, 0.15) is 5.82 Å². The molecule has 1 amide bonds. The second-order valence-corrected chi connectivity index (χ2v) is 5.04. The van der Waals surface area contributed by atoms with Crippen LogP contribution >= 0.6 is 0 Å². The van der Waals surface area contributed by atoms with E-state index in [4.69, 9.17) is 0 Å². The number of hydrogen-bond acceptors (Lipinski definition) is 2. The molecule has 1 aromatic rings. The lowest BCUT2D eigenvalue weighted by Crippen LogP contribution is -2.30. The van der Waals surface area contributed by atoms with Crippen molar-refractivity contribution >= 4 is 24.5 Å². The highest BCUT2D eigenvalue weighted by Crippen LogP contribution is 2.21. The van der Waals surface area contributed by atoms with Crippen LogP contribution in [0.2, 0.25) is 6.82 Å². The van der Waals surface area contributed by atoms with E-state index >= 15 is 0 Å². The molecule has 0 radical (unpaired) electrons. The Balaban J connectivity index is 2.83. The number of anilines is 1. The highest BCUT2D eigenvalue weighted by atomic mass is 16.2. The van der Waals surface area contributed by atoms with Crippen molar-refractivity contribution in [2.45, 2.75) is 40.9 Å². The fourth-order valence-electron chi connectivity index (χ4n) is 1.47. The van der Waals surface area contributed by atoms with E-state index in [1.807, 2.05) is 40.0 Å². The quantitative estimate of drug-likeness (QED) is 0.805. The van der Waals surface area contributed by atoms with Crippen LogP contribution in [0.4, 0.5) is 5.82 Å². The van der Waals surface area contributed by atoms with Gasteiger partial charge in [-0.15, -0.1) is 0 Å². The Bertz CT molecular complexity index is 416. The molecule has 4 heteroatoms. The molecule has 3 nitrogen and oxygen atoms in total. The Morgan fingerprint density at radius 3 is 2.65 bits per heavy atom. The van der Waals surface area contributed by atoms with Gasteiger partial charge in [-0.05, 0) is 19.4 Å². The lowest BCUT2D eigenvalue weighted by molar-refractivity contribution is -0.124. The van der Waals surface area contributed by atoms with Crippen molar-refractivity contribution in [3.63, 3.8) is 0 Å². The smallest absolute Gasteiger partial charge is 0.231 e. The molecule has 0 fully saturated rings. The topological polar surface area (TPSA) is 42.0 Å². The number of pyridine rings is 1. The van der Waals surface area contributed by atoms with E-state index in [-0.39, 0.29) is 11.3 Å². The standard InChI is InChI=1S/C13H21BN2O/c1-6-13(3,4)12(17)16-11-7-9(2)10(14-5)8-15-11/h7-8,14H,6H2,1-5H3,(H,15,16,17). The van der Waals surface area contributed by atoms with Crippen LogP contribution in [0.3, 0.4) is 0 Å². The summed E-state index contributed by atoms with van der Waals surface area (Å²) < 4.78 is 0. The van der Waals surface area contributed by atoms with Crippen LogP contribution < -0.4 is 10.8 Å². The van der Waals surface area contributed by atoms with Gasteiger partial charge in [0.05, 0.1) is 0 Å². The molecule has 0 aromatic carbocycles. The van der Waals surface area contributed by atoms with Gasteiger partial charge in [-0.3, -0.25) is 4.79 Å². The minimum Gasteiger partial charge on any atom is -0.310 e. The van der Waals surface area contributed by atoms with E-state index in [9.17, 15) is 4.79 Å². The average Bonchev–Trinajstić information content (AvgIpc) is 2.29. The van der Waals surface area contributed by atoms with Gasteiger partial charge in [-0.2, -0.15) is 0 Å². The van der Waals surface area contributed by atoms with E-state index in [0.717, 1.165) is 13.7 Å². The van der Waals surface area contributed by atoms with Gasteiger partial charge in [0.15, 0.2) is 7.28 Å². The van der Waals surface area contributed by atoms with E-state index in [2.05, 4.69) is 17.1 Å². The number of aromatic nitrogens is 1. The fourth-order valence-corrected chi connectivity index (χ4v) is 1.47. The molecule has 0 atom stereocenters. The highest BCUT2D eigenvalue weighted by Gasteiger charge is 2.25. The second-order valence-electron chi connectivity index (χ2n) is 5.04. The summed E-state index contributed by atoms with van der Waals surface area (Å²) in [6.45, 7) is 10.0. The fraction of sp³-hybridized carbons (Fsp3) is 0.538. The zero-order chi connectivity index (χ0) is 13.1. The molecule has 0 bridgehead atoms. The van der Waals surface area contributed by atoms with E-state index < -0.39 is 0 Å². The number of carbonyl (C=O) groups excluding carboxylic acids is 1. The largest absolute Gasteiger partial charge is 0.310 e. The van der Waals surface area contributed by atoms with Gasteiger partial charge >= 0.3 is 0 Å². The van der Waals surface area contributed by atoms with Crippen molar-refractivity contribution in [3.8, 4) is 0 Å². The first-order chi connectivity index (χ1) is 7.90. The zero-order valence-corrected chi connectivity index (χ0v) is 11.4. The minimum absolute atomic E-state index is 0.0242. The normalized spacial score (nSPS) is 11.1. The summed E-state index contributed by atoms with van der Waals surface area (Å²) in [6, 6.07) is 1.93. The molecule has 17 heavy (non-hydrogen) atoms. The summed E-state index contributed by atoms with van der Waals surface area (Å²) >= 11 is 0. The average molecular weight is 232 g/mol. The predicted octanol–water partition coefficient (Wildman–Crippen LogP) is 1.87. The van der Waals surface area contributed by atoms with Crippen molar-refractivity contribution in [2.75, 3.05) is 5.32 Å². The van der Waals surface area contributed by atoms with Crippen LogP contribution in [0, 0.1) is 12.3 Å². The monoisotopic (exact) mass is 232 g/mol. The number of amides is 1. The molecule has 1 rings (SSSR count). The molecule has 0 spiro atoms.